The standard InChI is InChI=1S/C19H24N4O5S3/c1-22-18(14-7-9-30(25,26)12-14)20-21-19(22)29-11-17(24)23(15-5-3-2-4-6-15)16-8-10-31(27,28)13-16/h2-6,14,16H,7-13H2,1H3. The van der Waals surface area contributed by atoms with E-state index in [1.54, 1.807) is 28.6 Å². The number of carbonyl (C=O) groups excluding carboxylic acids is 1. The van der Waals surface area contributed by atoms with E-state index in [0.29, 0.717) is 29.5 Å². The lowest BCUT2D eigenvalue weighted by molar-refractivity contribution is -0.116. The van der Waals surface area contributed by atoms with Crippen molar-refractivity contribution in [1.29, 1.82) is 0 Å². The van der Waals surface area contributed by atoms with Crippen LogP contribution in [0.4, 0.5) is 5.69 Å². The SMILES string of the molecule is Cn1c(SCC(=O)N(c2ccccc2)C2CCS(=O)(=O)C2)nnc1C1CCS(=O)(=O)C1. The zero-order valence-corrected chi connectivity index (χ0v) is 19.5. The molecule has 1 aromatic carbocycles. The van der Waals surface area contributed by atoms with Crippen LogP contribution in [-0.4, -0.2) is 72.3 Å². The molecular weight excluding hydrogens is 460 g/mol. The monoisotopic (exact) mass is 484 g/mol. The third kappa shape index (κ3) is 4.96. The summed E-state index contributed by atoms with van der Waals surface area (Å²) in [6, 6.07) is 8.69. The predicted molar refractivity (Wildman–Crippen MR) is 119 cm³/mol. The van der Waals surface area contributed by atoms with E-state index < -0.39 is 19.7 Å². The molecule has 0 aliphatic carbocycles. The number of para-hydroxylation sites is 1. The molecule has 1 aromatic heterocycles. The minimum absolute atomic E-state index is 0.0391. The Morgan fingerprint density at radius 1 is 1.06 bits per heavy atom. The molecule has 4 rings (SSSR count). The van der Waals surface area contributed by atoms with Crippen molar-refractivity contribution in [2.45, 2.75) is 30.0 Å². The van der Waals surface area contributed by atoms with Gasteiger partial charge >= 0.3 is 0 Å². The quantitative estimate of drug-likeness (QED) is 0.558. The van der Waals surface area contributed by atoms with E-state index >= 15 is 0 Å². The van der Waals surface area contributed by atoms with Gasteiger partial charge in [-0.15, -0.1) is 10.2 Å². The molecule has 1 amide bonds. The number of hydrogen-bond donors (Lipinski definition) is 0. The molecule has 2 fully saturated rings. The molecule has 0 spiro atoms. The Morgan fingerprint density at radius 3 is 2.35 bits per heavy atom. The highest BCUT2D eigenvalue weighted by Gasteiger charge is 2.36. The predicted octanol–water partition coefficient (Wildman–Crippen LogP) is 1.03. The maximum Gasteiger partial charge on any atom is 0.237 e. The van der Waals surface area contributed by atoms with E-state index in [4.69, 9.17) is 0 Å². The van der Waals surface area contributed by atoms with Crippen LogP contribution in [0.5, 0.6) is 0 Å². The van der Waals surface area contributed by atoms with Crippen molar-refractivity contribution in [3.63, 3.8) is 0 Å². The van der Waals surface area contributed by atoms with Gasteiger partial charge in [-0.1, -0.05) is 30.0 Å². The number of amides is 1. The lowest BCUT2D eigenvalue weighted by Crippen LogP contribution is -2.42. The van der Waals surface area contributed by atoms with Gasteiger partial charge in [0.2, 0.25) is 5.91 Å². The molecule has 2 atom stereocenters. The second-order valence-corrected chi connectivity index (χ2v) is 13.3. The van der Waals surface area contributed by atoms with Crippen LogP contribution in [0, 0.1) is 0 Å². The first-order chi connectivity index (χ1) is 14.7. The summed E-state index contributed by atoms with van der Waals surface area (Å²) in [5.41, 5.74) is 0.671. The van der Waals surface area contributed by atoms with Gasteiger partial charge in [-0.25, -0.2) is 16.8 Å². The summed E-state index contributed by atoms with van der Waals surface area (Å²) in [5, 5.41) is 8.84. The number of aromatic nitrogens is 3. The largest absolute Gasteiger partial charge is 0.309 e. The van der Waals surface area contributed by atoms with Crippen LogP contribution in [0.25, 0.3) is 0 Å². The first kappa shape index (κ1) is 22.3. The number of carbonyl (C=O) groups is 1. The van der Waals surface area contributed by atoms with Crippen molar-refractivity contribution in [3.8, 4) is 0 Å². The molecule has 2 aromatic rings. The van der Waals surface area contributed by atoms with Gasteiger partial charge in [-0.3, -0.25) is 4.79 Å². The molecule has 9 nitrogen and oxygen atoms in total. The Labute approximate surface area is 186 Å². The average molecular weight is 485 g/mol. The molecular formula is C19H24N4O5S3. The first-order valence-corrected chi connectivity index (χ1v) is 14.6. The molecule has 2 unspecified atom stereocenters. The molecule has 0 bridgehead atoms. The van der Waals surface area contributed by atoms with Gasteiger partial charge in [-0.2, -0.15) is 0 Å². The van der Waals surface area contributed by atoms with Gasteiger partial charge in [0.05, 0.1) is 34.8 Å². The molecule has 31 heavy (non-hydrogen) atoms. The number of benzene rings is 1. The fourth-order valence-electron chi connectivity index (χ4n) is 4.13. The second-order valence-electron chi connectivity index (χ2n) is 7.94. The van der Waals surface area contributed by atoms with Crippen molar-refractivity contribution >= 4 is 43.0 Å². The fourth-order valence-corrected chi connectivity index (χ4v) is 8.34. The Morgan fingerprint density at radius 2 is 1.74 bits per heavy atom. The Hall–Kier alpha value is -1.92. The van der Waals surface area contributed by atoms with E-state index in [-0.39, 0.29) is 46.6 Å². The second kappa shape index (κ2) is 8.55. The number of anilines is 1. The van der Waals surface area contributed by atoms with E-state index in [1.165, 1.54) is 11.8 Å². The van der Waals surface area contributed by atoms with Crippen LogP contribution >= 0.6 is 11.8 Å². The van der Waals surface area contributed by atoms with Gasteiger partial charge in [0, 0.05) is 18.7 Å². The van der Waals surface area contributed by atoms with E-state index in [1.807, 2.05) is 18.2 Å². The summed E-state index contributed by atoms with van der Waals surface area (Å²) in [7, 11) is -4.41. The van der Waals surface area contributed by atoms with E-state index in [9.17, 15) is 21.6 Å². The summed E-state index contributed by atoms with van der Waals surface area (Å²) in [4.78, 5) is 14.7. The lowest BCUT2D eigenvalue weighted by atomic mass is 10.1. The van der Waals surface area contributed by atoms with Crippen LogP contribution in [-0.2, 0) is 31.5 Å². The third-order valence-corrected chi connectivity index (χ3v) is 10.2. The highest BCUT2D eigenvalue weighted by Crippen LogP contribution is 2.30. The summed E-state index contributed by atoms with van der Waals surface area (Å²) in [5.74, 6) is 0.560. The average Bonchev–Trinajstić information content (AvgIpc) is 3.37. The van der Waals surface area contributed by atoms with Gasteiger partial charge in [-0.05, 0) is 25.0 Å². The van der Waals surface area contributed by atoms with Gasteiger partial charge in [0.25, 0.3) is 0 Å². The minimum Gasteiger partial charge on any atom is -0.309 e. The Kier molecular flexibility index (Phi) is 6.14. The molecule has 12 heteroatoms. The van der Waals surface area contributed by atoms with Crippen molar-refractivity contribution in [1.82, 2.24) is 14.8 Å². The smallest absolute Gasteiger partial charge is 0.237 e. The molecule has 0 saturated carbocycles. The number of hydrogen-bond acceptors (Lipinski definition) is 8. The Bertz CT molecular complexity index is 1180. The normalized spacial score (nSPS) is 24.3. The van der Waals surface area contributed by atoms with Crippen LogP contribution in [0.15, 0.2) is 35.5 Å². The maximum atomic E-state index is 13.1. The lowest BCUT2D eigenvalue weighted by Gasteiger charge is -2.28. The molecule has 2 aliphatic rings. The fraction of sp³-hybridized carbons (Fsp3) is 0.526. The van der Waals surface area contributed by atoms with Crippen LogP contribution in [0.1, 0.15) is 24.6 Å². The molecule has 2 saturated heterocycles. The van der Waals surface area contributed by atoms with Crippen molar-refractivity contribution in [3.05, 3.63) is 36.2 Å². The highest BCUT2D eigenvalue weighted by molar-refractivity contribution is 7.99. The minimum atomic E-state index is -3.15. The van der Waals surface area contributed by atoms with E-state index in [2.05, 4.69) is 10.2 Å². The van der Waals surface area contributed by atoms with Crippen LogP contribution < -0.4 is 4.90 Å². The topological polar surface area (TPSA) is 119 Å². The number of sulfone groups is 2. The third-order valence-electron chi connectivity index (χ3n) is 5.67. The molecule has 3 heterocycles. The summed E-state index contributed by atoms with van der Waals surface area (Å²) in [6.45, 7) is 0. The zero-order chi connectivity index (χ0) is 22.2. The summed E-state index contributed by atoms with van der Waals surface area (Å²) >= 11 is 1.22. The molecule has 0 radical (unpaired) electrons. The zero-order valence-electron chi connectivity index (χ0n) is 17.0. The number of nitrogens with zero attached hydrogens (tertiary/aromatic N) is 4. The number of rotatable bonds is 6. The van der Waals surface area contributed by atoms with Gasteiger partial charge in [0.1, 0.15) is 5.82 Å². The highest BCUT2D eigenvalue weighted by atomic mass is 32.2. The van der Waals surface area contributed by atoms with Crippen LogP contribution in [0.3, 0.4) is 0 Å². The van der Waals surface area contributed by atoms with E-state index in [0.717, 1.165) is 0 Å². The summed E-state index contributed by atoms with van der Waals surface area (Å²) < 4.78 is 49.3. The maximum absolute atomic E-state index is 13.1. The van der Waals surface area contributed by atoms with Crippen molar-refractivity contribution < 1.29 is 21.6 Å². The van der Waals surface area contributed by atoms with Crippen molar-refractivity contribution in [2.75, 3.05) is 33.7 Å². The molecule has 0 N–H and O–H groups in total. The van der Waals surface area contributed by atoms with Gasteiger partial charge in [0.15, 0.2) is 24.8 Å². The molecule has 2 aliphatic heterocycles. The number of thioether (sulfide) groups is 1. The van der Waals surface area contributed by atoms with Gasteiger partial charge < -0.3 is 9.47 Å². The summed E-state index contributed by atoms with van der Waals surface area (Å²) in [6.07, 6.45) is 0.938. The molecule has 168 valence electrons. The van der Waals surface area contributed by atoms with Crippen molar-refractivity contribution in [2.24, 2.45) is 7.05 Å². The Balaban J connectivity index is 1.49. The van der Waals surface area contributed by atoms with Crippen LogP contribution in [0.2, 0.25) is 0 Å². The first-order valence-electron chi connectivity index (χ1n) is 9.95.